The highest BCUT2D eigenvalue weighted by Gasteiger charge is 2.25. The van der Waals surface area contributed by atoms with Crippen molar-refractivity contribution in [2.75, 3.05) is 53.9 Å². The number of aromatic nitrogens is 2. The van der Waals surface area contributed by atoms with Gasteiger partial charge in [-0.3, -0.25) is 14.4 Å². The minimum atomic E-state index is -0.135. The summed E-state index contributed by atoms with van der Waals surface area (Å²) in [6.07, 6.45) is 0. The summed E-state index contributed by atoms with van der Waals surface area (Å²) in [5.74, 6) is 0.0370. The molecule has 2 aliphatic heterocycles. The molecule has 0 saturated carbocycles. The molecule has 1 saturated heterocycles. The Morgan fingerprint density at radius 1 is 1.19 bits per heavy atom. The Morgan fingerprint density at radius 2 is 1.89 bits per heavy atom. The number of likely N-dealkylation sites (N-methyl/N-ethyl adjacent to an activating group) is 1. The van der Waals surface area contributed by atoms with Crippen LogP contribution in [-0.2, 0) is 24.4 Å². The Balaban J connectivity index is 1.52. The van der Waals surface area contributed by atoms with Crippen molar-refractivity contribution in [1.29, 1.82) is 0 Å². The van der Waals surface area contributed by atoms with Crippen molar-refractivity contribution in [2.45, 2.75) is 32.6 Å². The van der Waals surface area contributed by atoms with Crippen LogP contribution in [0.25, 0.3) is 0 Å². The van der Waals surface area contributed by atoms with Gasteiger partial charge in [0.25, 0.3) is 0 Å². The molecular formula is C18H31N7O2. The van der Waals surface area contributed by atoms with Gasteiger partial charge in [-0.1, -0.05) is 0 Å². The second-order valence-corrected chi connectivity index (χ2v) is 7.68. The lowest BCUT2D eigenvalue weighted by Gasteiger charge is -2.35. The van der Waals surface area contributed by atoms with Crippen molar-refractivity contribution in [3.63, 3.8) is 0 Å². The van der Waals surface area contributed by atoms with Gasteiger partial charge in [0, 0.05) is 46.8 Å². The lowest BCUT2D eigenvalue weighted by atomic mass is 10.2. The average Bonchev–Trinajstić information content (AvgIpc) is 3.07. The zero-order valence-electron chi connectivity index (χ0n) is 16.8. The van der Waals surface area contributed by atoms with Crippen molar-refractivity contribution in [2.24, 2.45) is 0 Å². The van der Waals surface area contributed by atoms with Crippen LogP contribution in [0.15, 0.2) is 6.07 Å². The Bertz CT molecular complexity index is 679. The van der Waals surface area contributed by atoms with E-state index in [-0.39, 0.29) is 18.0 Å². The predicted molar refractivity (Wildman–Crippen MR) is 102 cm³/mol. The lowest BCUT2D eigenvalue weighted by Crippen LogP contribution is -2.52. The third-order valence-electron chi connectivity index (χ3n) is 5.41. The summed E-state index contributed by atoms with van der Waals surface area (Å²) < 4.78 is 1.94. The molecular weight excluding hydrogens is 346 g/mol. The summed E-state index contributed by atoms with van der Waals surface area (Å²) in [4.78, 5) is 32.5. The van der Waals surface area contributed by atoms with E-state index in [1.54, 1.807) is 19.0 Å². The van der Waals surface area contributed by atoms with Crippen LogP contribution in [0.2, 0.25) is 0 Å². The fraction of sp³-hybridized carbons (Fsp3) is 0.722. The van der Waals surface area contributed by atoms with E-state index in [2.05, 4.69) is 27.3 Å². The van der Waals surface area contributed by atoms with Gasteiger partial charge in [0.2, 0.25) is 5.91 Å². The third kappa shape index (κ3) is 4.59. The van der Waals surface area contributed by atoms with Crippen LogP contribution in [0, 0.1) is 0 Å². The topological polar surface area (TPSA) is 76.9 Å². The van der Waals surface area contributed by atoms with E-state index in [4.69, 9.17) is 0 Å². The molecule has 3 heterocycles. The van der Waals surface area contributed by atoms with Crippen LogP contribution in [0.3, 0.4) is 0 Å². The molecule has 3 amide bonds. The largest absolute Gasteiger partial charge is 0.349 e. The Kier molecular flexibility index (Phi) is 6.01. The number of carbonyl (C=O) groups is 2. The van der Waals surface area contributed by atoms with Crippen LogP contribution in [0.1, 0.15) is 18.3 Å². The molecule has 150 valence electrons. The van der Waals surface area contributed by atoms with E-state index in [1.165, 1.54) is 0 Å². The molecule has 2 aliphatic rings. The van der Waals surface area contributed by atoms with Crippen LogP contribution in [0.4, 0.5) is 4.79 Å². The molecule has 0 radical (unpaired) electrons. The first kappa shape index (κ1) is 19.6. The van der Waals surface area contributed by atoms with E-state index in [9.17, 15) is 9.59 Å². The van der Waals surface area contributed by atoms with Crippen LogP contribution in [0.5, 0.6) is 0 Å². The standard InChI is InChI=1S/C18H31N7O2/c1-14(23-7-5-22(4)6-8-23)17(26)19-12-15-11-16-13-24(18(27)21(2)3)9-10-25(16)20-15/h11,14H,5-10,12-13H2,1-4H3,(H,19,26)/t14-/m0/s1. The predicted octanol–water partition coefficient (Wildman–Crippen LogP) is -0.368. The molecule has 0 aromatic carbocycles. The highest BCUT2D eigenvalue weighted by molar-refractivity contribution is 5.81. The number of carbonyl (C=O) groups excluding carboxylic acids is 2. The van der Waals surface area contributed by atoms with Crippen molar-refractivity contribution in [1.82, 2.24) is 34.7 Å². The van der Waals surface area contributed by atoms with E-state index >= 15 is 0 Å². The Labute approximate surface area is 160 Å². The fourth-order valence-electron chi connectivity index (χ4n) is 3.56. The summed E-state index contributed by atoms with van der Waals surface area (Å²) in [5, 5.41) is 7.58. The molecule has 3 rings (SSSR count). The summed E-state index contributed by atoms with van der Waals surface area (Å²) in [7, 11) is 5.63. The van der Waals surface area contributed by atoms with Gasteiger partial charge in [-0.25, -0.2) is 4.79 Å². The number of amides is 3. The Morgan fingerprint density at radius 3 is 2.56 bits per heavy atom. The SMILES string of the molecule is C[C@@H](C(=O)NCc1cc2n(n1)CCN(C(=O)N(C)C)C2)N1CCN(C)CC1. The smallest absolute Gasteiger partial charge is 0.319 e. The van der Waals surface area contributed by atoms with Crippen molar-refractivity contribution < 1.29 is 9.59 Å². The zero-order chi connectivity index (χ0) is 19.6. The van der Waals surface area contributed by atoms with Gasteiger partial charge in [-0.2, -0.15) is 5.10 Å². The maximum atomic E-state index is 12.5. The quantitative estimate of drug-likeness (QED) is 0.775. The molecule has 1 aromatic heterocycles. The first-order chi connectivity index (χ1) is 12.8. The number of piperazine rings is 1. The van der Waals surface area contributed by atoms with Crippen LogP contribution >= 0.6 is 0 Å². The normalized spacial score (nSPS) is 19.5. The summed E-state index contributed by atoms with van der Waals surface area (Å²) in [5.41, 5.74) is 1.84. The van der Waals surface area contributed by atoms with Gasteiger partial charge < -0.3 is 20.0 Å². The molecule has 9 heteroatoms. The number of nitrogens with one attached hydrogen (secondary N) is 1. The van der Waals surface area contributed by atoms with E-state index < -0.39 is 0 Å². The van der Waals surface area contributed by atoms with Gasteiger partial charge >= 0.3 is 6.03 Å². The van der Waals surface area contributed by atoms with Crippen molar-refractivity contribution in [3.05, 3.63) is 17.5 Å². The zero-order valence-corrected chi connectivity index (χ0v) is 16.8. The number of hydrogen-bond donors (Lipinski definition) is 1. The molecule has 0 aliphatic carbocycles. The van der Waals surface area contributed by atoms with E-state index in [1.807, 2.05) is 22.6 Å². The maximum Gasteiger partial charge on any atom is 0.319 e. The molecule has 0 unspecified atom stereocenters. The van der Waals surface area contributed by atoms with Crippen LogP contribution in [-0.4, -0.2) is 101 Å². The maximum absolute atomic E-state index is 12.5. The minimum absolute atomic E-state index is 0.0123. The van der Waals surface area contributed by atoms with Crippen molar-refractivity contribution in [3.8, 4) is 0 Å². The summed E-state index contributed by atoms with van der Waals surface area (Å²) >= 11 is 0. The molecule has 0 bridgehead atoms. The van der Waals surface area contributed by atoms with Gasteiger partial charge in [0.15, 0.2) is 0 Å². The van der Waals surface area contributed by atoms with Gasteiger partial charge in [0.05, 0.1) is 37.1 Å². The highest BCUT2D eigenvalue weighted by Crippen LogP contribution is 2.15. The van der Waals surface area contributed by atoms with Gasteiger partial charge in [0.1, 0.15) is 0 Å². The second-order valence-electron chi connectivity index (χ2n) is 7.68. The monoisotopic (exact) mass is 377 g/mol. The number of hydrogen-bond acceptors (Lipinski definition) is 5. The number of urea groups is 1. The molecule has 0 spiro atoms. The molecule has 1 N–H and O–H groups in total. The molecule has 1 fully saturated rings. The highest BCUT2D eigenvalue weighted by atomic mass is 16.2. The second kappa shape index (κ2) is 8.26. The summed E-state index contributed by atoms with van der Waals surface area (Å²) in [6, 6.07) is 1.86. The third-order valence-corrected chi connectivity index (χ3v) is 5.41. The molecule has 9 nitrogen and oxygen atoms in total. The number of nitrogens with zero attached hydrogens (tertiary/aromatic N) is 6. The molecule has 27 heavy (non-hydrogen) atoms. The molecule has 1 atom stereocenters. The summed E-state index contributed by atoms with van der Waals surface area (Å²) in [6.45, 7) is 8.08. The Hall–Kier alpha value is -2.13. The first-order valence-corrected chi connectivity index (χ1v) is 9.57. The van der Waals surface area contributed by atoms with Crippen molar-refractivity contribution >= 4 is 11.9 Å². The van der Waals surface area contributed by atoms with Gasteiger partial charge in [-0.05, 0) is 20.0 Å². The van der Waals surface area contributed by atoms with E-state index in [0.29, 0.717) is 26.2 Å². The fourth-order valence-corrected chi connectivity index (χ4v) is 3.56. The minimum Gasteiger partial charge on any atom is -0.349 e. The molecule has 1 aromatic rings. The lowest BCUT2D eigenvalue weighted by molar-refractivity contribution is -0.126. The number of rotatable bonds is 4. The van der Waals surface area contributed by atoms with Gasteiger partial charge in [-0.15, -0.1) is 0 Å². The van der Waals surface area contributed by atoms with E-state index in [0.717, 1.165) is 37.6 Å². The first-order valence-electron chi connectivity index (χ1n) is 9.57. The van der Waals surface area contributed by atoms with Crippen LogP contribution < -0.4 is 5.32 Å². The number of fused-ring (bicyclic) bond motifs is 1. The average molecular weight is 377 g/mol.